The van der Waals surface area contributed by atoms with Crippen molar-refractivity contribution in [3.63, 3.8) is 0 Å². The van der Waals surface area contributed by atoms with E-state index in [2.05, 4.69) is 20.6 Å². The Bertz CT molecular complexity index is 1150. The van der Waals surface area contributed by atoms with E-state index in [1.54, 1.807) is 11.8 Å². The average Bonchev–Trinajstić information content (AvgIpc) is 3.33. The third-order valence-electron chi connectivity index (χ3n) is 6.29. The van der Waals surface area contributed by atoms with Crippen LogP contribution in [-0.2, 0) is 17.8 Å². The number of hydrogen-bond donors (Lipinski definition) is 1. The Labute approximate surface area is 184 Å². The van der Waals surface area contributed by atoms with Crippen LogP contribution >= 0.6 is 11.8 Å². The Morgan fingerprint density at radius 3 is 2.84 bits per heavy atom. The van der Waals surface area contributed by atoms with Crippen LogP contribution < -0.4 is 5.73 Å². The molecule has 31 heavy (non-hydrogen) atoms. The van der Waals surface area contributed by atoms with E-state index in [0.29, 0.717) is 23.7 Å². The number of carbonyl (C=O) groups is 2. The Morgan fingerprint density at radius 2 is 2.03 bits per heavy atom. The summed E-state index contributed by atoms with van der Waals surface area (Å²) in [6, 6.07) is 6.01. The molecule has 2 aromatic heterocycles. The zero-order chi connectivity index (χ0) is 21.4. The third kappa shape index (κ3) is 3.89. The van der Waals surface area contributed by atoms with Crippen LogP contribution in [0.3, 0.4) is 0 Å². The second kappa shape index (κ2) is 8.30. The lowest BCUT2D eigenvalue weighted by molar-refractivity contribution is -0.119. The van der Waals surface area contributed by atoms with E-state index in [0.717, 1.165) is 78.6 Å². The summed E-state index contributed by atoms with van der Waals surface area (Å²) in [6.45, 7) is 2.43. The van der Waals surface area contributed by atoms with Crippen molar-refractivity contribution in [2.45, 2.75) is 48.7 Å². The summed E-state index contributed by atoms with van der Waals surface area (Å²) < 4.78 is 2.13. The molecule has 2 aliphatic rings. The maximum atomic E-state index is 11.9. The molecular weight excluding hydrogens is 412 g/mol. The van der Waals surface area contributed by atoms with Gasteiger partial charge in [-0.25, -0.2) is 15.0 Å². The number of aryl methyl sites for hydroxylation is 2. The number of ketones is 1. The lowest BCUT2D eigenvalue weighted by atomic mass is 9.94. The van der Waals surface area contributed by atoms with E-state index in [1.807, 2.05) is 17.0 Å². The minimum absolute atomic E-state index is 0.225. The highest BCUT2D eigenvalue weighted by Gasteiger charge is 2.22. The van der Waals surface area contributed by atoms with Gasteiger partial charge in [0, 0.05) is 36.5 Å². The molecule has 3 heterocycles. The second-order valence-corrected chi connectivity index (χ2v) is 9.24. The average molecular weight is 437 g/mol. The monoisotopic (exact) mass is 436 g/mol. The lowest BCUT2D eigenvalue weighted by Crippen LogP contribution is -2.32. The van der Waals surface area contributed by atoms with Gasteiger partial charge in [0.05, 0.1) is 0 Å². The number of aromatic nitrogens is 4. The molecular formula is C22H24N6O2S. The number of carbonyl (C=O) groups excluding carboxylic acids is 2. The van der Waals surface area contributed by atoms with E-state index < -0.39 is 0 Å². The van der Waals surface area contributed by atoms with Crippen LogP contribution in [0.2, 0.25) is 0 Å². The van der Waals surface area contributed by atoms with Crippen molar-refractivity contribution >= 4 is 40.9 Å². The molecule has 1 aliphatic carbocycles. The largest absolute Gasteiger partial charge is 0.382 e. The van der Waals surface area contributed by atoms with Crippen molar-refractivity contribution in [1.29, 1.82) is 0 Å². The van der Waals surface area contributed by atoms with Gasteiger partial charge >= 0.3 is 0 Å². The lowest BCUT2D eigenvalue weighted by Gasteiger charge is -2.29. The van der Waals surface area contributed by atoms with Gasteiger partial charge in [-0.3, -0.25) is 9.59 Å². The van der Waals surface area contributed by atoms with Crippen molar-refractivity contribution in [2.24, 2.45) is 5.92 Å². The molecule has 160 valence electrons. The summed E-state index contributed by atoms with van der Waals surface area (Å²) in [5.41, 5.74) is 9.40. The zero-order valence-electron chi connectivity index (χ0n) is 17.2. The number of benzene rings is 1. The predicted molar refractivity (Wildman–Crippen MR) is 118 cm³/mol. The SMILES string of the molecule is Nc1ncnc2c1nc(Sc1ccc3c(c1)CCC3=O)n2CCC1CCN(C=O)CC1. The Morgan fingerprint density at radius 1 is 1.19 bits per heavy atom. The Balaban J connectivity index is 1.40. The number of piperidine rings is 1. The van der Waals surface area contributed by atoms with Crippen molar-refractivity contribution in [3.8, 4) is 0 Å². The van der Waals surface area contributed by atoms with Gasteiger partial charge in [-0.2, -0.15) is 0 Å². The van der Waals surface area contributed by atoms with Crippen LogP contribution in [0.15, 0.2) is 34.6 Å². The van der Waals surface area contributed by atoms with Gasteiger partial charge in [-0.1, -0.05) is 17.8 Å². The zero-order valence-corrected chi connectivity index (χ0v) is 18.0. The number of nitrogen functional groups attached to an aromatic ring is 1. The number of hydrogen-bond acceptors (Lipinski definition) is 7. The van der Waals surface area contributed by atoms with Crippen LogP contribution in [0.1, 0.15) is 41.6 Å². The number of nitrogens with two attached hydrogens (primary N) is 1. The Kier molecular flexibility index (Phi) is 5.35. The van der Waals surface area contributed by atoms with Gasteiger partial charge in [-0.15, -0.1) is 0 Å². The number of fused-ring (bicyclic) bond motifs is 2. The van der Waals surface area contributed by atoms with Crippen molar-refractivity contribution < 1.29 is 9.59 Å². The molecule has 1 aromatic carbocycles. The van der Waals surface area contributed by atoms with Gasteiger partial charge in [0.1, 0.15) is 6.33 Å². The number of Topliss-reactive ketones (excluding diaryl/α,β-unsaturated/α-hetero) is 1. The number of anilines is 1. The molecule has 1 aliphatic heterocycles. The minimum Gasteiger partial charge on any atom is -0.382 e. The summed E-state index contributed by atoms with van der Waals surface area (Å²) in [4.78, 5) is 39.1. The summed E-state index contributed by atoms with van der Waals surface area (Å²) in [7, 11) is 0. The highest BCUT2D eigenvalue weighted by atomic mass is 32.2. The first kappa shape index (κ1) is 20.0. The van der Waals surface area contributed by atoms with Crippen LogP contribution in [0.25, 0.3) is 11.2 Å². The number of amides is 1. The first-order valence-corrected chi connectivity index (χ1v) is 11.4. The second-order valence-electron chi connectivity index (χ2n) is 8.19. The number of likely N-dealkylation sites (tertiary alicyclic amines) is 1. The summed E-state index contributed by atoms with van der Waals surface area (Å²) in [6.07, 6.45) is 6.85. The van der Waals surface area contributed by atoms with E-state index >= 15 is 0 Å². The molecule has 1 fully saturated rings. The molecule has 0 radical (unpaired) electrons. The number of imidazole rings is 1. The van der Waals surface area contributed by atoms with Gasteiger partial charge < -0.3 is 15.2 Å². The fraction of sp³-hybridized carbons (Fsp3) is 0.409. The molecule has 0 spiro atoms. The van der Waals surface area contributed by atoms with E-state index in [-0.39, 0.29) is 5.78 Å². The topological polar surface area (TPSA) is 107 Å². The quantitative estimate of drug-likeness (QED) is 0.592. The van der Waals surface area contributed by atoms with Gasteiger partial charge in [0.25, 0.3) is 0 Å². The van der Waals surface area contributed by atoms with Gasteiger partial charge in [0.15, 0.2) is 27.9 Å². The van der Waals surface area contributed by atoms with Crippen LogP contribution in [-0.4, -0.2) is 49.7 Å². The minimum atomic E-state index is 0.225. The summed E-state index contributed by atoms with van der Waals surface area (Å²) in [5.74, 6) is 1.17. The maximum Gasteiger partial charge on any atom is 0.209 e. The molecule has 5 rings (SSSR count). The Hall–Kier alpha value is -2.94. The van der Waals surface area contributed by atoms with Crippen LogP contribution in [0.4, 0.5) is 5.82 Å². The maximum absolute atomic E-state index is 11.9. The van der Waals surface area contributed by atoms with Crippen molar-refractivity contribution in [1.82, 2.24) is 24.4 Å². The normalized spacial score (nSPS) is 16.8. The predicted octanol–water partition coefficient (Wildman–Crippen LogP) is 2.95. The fourth-order valence-electron chi connectivity index (χ4n) is 4.47. The number of rotatable bonds is 6. The molecule has 0 unspecified atom stereocenters. The first-order chi connectivity index (χ1) is 15.1. The molecule has 3 aromatic rings. The smallest absolute Gasteiger partial charge is 0.209 e. The molecule has 0 atom stereocenters. The molecule has 0 saturated carbocycles. The van der Waals surface area contributed by atoms with Crippen molar-refractivity contribution in [3.05, 3.63) is 35.7 Å². The van der Waals surface area contributed by atoms with Crippen LogP contribution in [0.5, 0.6) is 0 Å². The highest BCUT2D eigenvalue weighted by molar-refractivity contribution is 7.99. The fourth-order valence-corrected chi connectivity index (χ4v) is 5.45. The molecule has 1 saturated heterocycles. The summed E-state index contributed by atoms with van der Waals surface area (Å²) >= 11 is 1.57. The van der Waals surface area contributed by atoms with E-state index in [9.17, 15) is 9.59 Å². The molecule has 8 nitrogen and oxygen atoms in total. The molecule has 9 heteroatoms. The van der Waals surface area contributed by atoms with Gasteiger partial charge in [0.2, 0.25) is 6.41 Å². The standard InChI is InChI=1S/C22H24N6O2S/c23-20-19-21(25-12-24-20)28(10-7-14-5-8-27(13-29)9-6-14)22(26-19)31-16-2-3-17-15(11-16)1-4-18(17)30/h2-3,11-14H,1,4-10H2,(H2,23,24,25). The van der Waals surface area contributed by atoms with Crippen LogP contribution in [0, 0.1) is 5.92 Å². The van der Waals surface area contributed by atoms with Crippen molar-refractivity contribution in [2.75, 3.05) is 18.8 Å². The van der Waals surface area contributed by atoms with E-state index in [1.165, 1.54) is 6.33 Å². The van der Waals surface area contributed by atoms with Gasteiger partial charge in [-0.05, 0) is 49.3 Å². The molecule has 0 bridgehead atoms. The third-order valence-corrected chi connectivity index (χ3v) is 7.28. The number of nitrogens with zero attached hydrogens (tertiary/aromatic N) is 5. The molecule has 2 N–H and O–H groups in total. The highest BCUT2D eigenvalue weighted by Crippen LogP contribution is 2.34. The first-order valence-electron chi connectivity index (χ1n) is 10.6. The summed E-state index contributed by atoms with van der Waals surface area (Å²) in [5, 5.41) is 0.830. The van der Waals surface area contributed by atoms with E-state index in [4.69, 9.17) is 10.7 Å². The molecule has 1 amide bonds.